The average Bonchev–Trinajstić information content (AvgIpc) is 3.58. The molecule has 0 amide bonds. The van der Waals surface area contributed by atoms with Crippen LogP contribution in [-0.4, -0.2) is 4.90 Å². The topological polar surface area (TPSA) is 6.48 Å². The van der Waals surface area contributed by atoms with Gasteiger partial charge in [0.1, 0.15) is 0 Å². The van der Waals surface area contributed by atoms with Crippen molar-refractivity contribution in [2.24, 2.45) is 0 Å². The zero-order valence-electron chi connectivity index (χ0n) is 30.5. The predicted octanol–water partition coefficient (Wildman–Crippen LogP) is 8.98. The molecule has 0 saturated carbocycles. The summed E-state index contributed by atoms with van der Waals surface area (Å²) in [5.41, 5.74) is 17.6. The number of hydrogen-bond acceptors (Lipinski definition) is 2. The Morgan fingerprint density at radius 3 is 1.34 bits per heavy atom. The Hall–Kier alpha value is -4.83. The second-order valence-corrected chi connectivity index (χ2v) is 13.9. The number of allylic oxidation sites excluding steroid dienone is 3. The molecule has 6 aromatic rings. The van der Waals surface area contributed by atoms with Gasteiger partial charge in [-0.1, -0.05) is 163 Å². The normalized spacial score (nSPS) is 13.3. The van der Waals surface area contributed by atoms with Gasteiger partial charge in [-0.25, -0.2) is 0 Å². The molecule has 0 saturated heterocycles. The Morgan fingerprint density at radius 1 is 0.528 bits per heavy atom. The molecule has 0 aliphatic carbocycles. The summed E-state index contributed by atoms with van der Waals surface area (Å²) in [6.07, 6.45) is 8.99. The van der Waals surface area contributed by atoms with Crippen LogP contribution in [0.5, 0.6) is 0 Å². The first-order valence-corrected chi connectivity index (χ1v) is 17.9. The number of nitrogens with zero attached hydrogens (tertiary/aromatic N) is 2. The Labute approximate surface area is 337 Å². The second kappa shape index (κ2) is 16.5. The Morgan fingerprint density at radius 2 is 0.925 bits per heavy atom. The zero-order valence-corrected chi connectivity index (χ0v) is 33.4. The van der Waals surface area contributed by atoms with E-state index < -0.39 is 0 Å². The van der Waals surface area contributed by atoms with E-state index in [9.17, 15) is 0 Å². The van der Waals surface area contributed by atoms with Gasteiger partial charge in [0.25, 0.3) is 0 Å². The molecule has 2 aliphatic heterocycles. The van der Waals surface area contributed by atoms with Crippen molar-refractivity contribution in [3.63, 3.8) is 0 Å². The molecule has 2 heterocycles. The molecule has 2 nitrogen and oxygen atoms in total. The molecular weight excluding hydrogens is 849 g/mol. The first-order valence-electron chi connectivity index (χ1n) is 17.9. The van der Waals surface area contributed by atoms with E-state index in [1.165, 1.54) is 72.6 Å². The molecule has 0 fully saturated rings. The van der Waals surface area contributed by atoms with Crippen LogP contribution in [-0.2, 0) is 22.4 Å². The third kappa shape index (κ3) is 7.51. The van der Waals surface area contributed by atoms with Crippen LogP contribution in [0.15, 0.2) is 176 Å². The third-order valence-electron chi connectivity index (χ3n) is 10.2. The third-order valence-corrected chi connectivity index (χ3v) is 10.2. The van der Waals surface area contributed by atoms with E-state index >= 15 is 0 Å². The van der Waals surface area contributed by atoms with E-state index in [2.05, 4.69) is 214 Å². The van der Waals surface area contributed by atoms with Crippen LogP contribution in [0.1, 0.15) is 73.0 Å². The molecule has 0 radical (unpaired) electrons. The van der Waals surface area contributed by atoms with Crippen molar-refractivity contribution in [2.75, 3.05) is 4.90 Å². The molecule has 4 heteroatoms. The summed E-state index contributed by atoms with van der Waals surface area (Å²) < 4.78 is 0. The molecule has 6 aromatic carbocycles. The van der Waals surface area contributed by atoms with Crippen molar-refractivity contribution < 1.29 is 34.8 Å². The van der Waals surface area contributed by atoms with Crippen molar-refractivity contribution in [1.82, 2.24) is 4.90 Å². The molecule has 0 unspecified atom stereocenters. The maximum atomic E-state index is 2.42. The number of rotatable bonds is 8. The second-order valence-electron chi connectivity index (χ2n) is 13.9. The number of halogens is 1. The van der Waals surface area contributed by atoms with E-state index in [4.69, 9.17) is 0 Å². The first-order chi connectivity index (χ1) is 25.0. The van der Waals surface area contributed by atoms with E-state index in [1.807, 2.05) is 0 Å². The Kier molecular flexibility index (Phi) is 11.8. The summed E-state index contributed by atoms with van der Waals surface area (Å²) in [7, 11) is 0. The summed E-state index contributed by atoms with van der Waals surface area (Å²) in [5.74, 6) is 0.0367. The molecular formula is C49H43AuClN2-. The van der Waals surface area contributed by atoms with Crippen LogP contribution in [0.4, 0.5) is 5.69 Å². The zero-order chi connectivity index (χ0) is 34.9. The fourth-order valence-electron chi connectivity index (χ4n) is 8.24. The standard InChI is InChI=1S/C49H43N2.Au.ClH/c1-34-28-36(3)46(37(4)29-34)45-27-17-26-42-32-50(33-51(42)45)49-43(47(38-18-9-5-10-19-38)39-20-11-6-12-21-39)30-35(2)31-44(49)48(40-22-13-7-14-23-40)41-24-15-8-16-25-41;;/h5-33,47-48H,1-4H3;;1H/q-1;+1;/p-1. The quantitative estimate of drug-likeness (QED) is 0.0857. The van der Waals surface area contributed by atoms with Gasteiger partial charge in [-0.05, 0) is 90.6 Å². The minimum atomic E-state index is 0. The average molecular weight is 892 g/mol. The molecule has 2 aliphatic rings. The molecule has 0 aromatic heterocycles. The van der Waals surface area contributed by atoms with Gasteiger partial charge in [0.2, 0.25) is 0 Å². The van der Waals surface area contributed by atoms with E-state index in [0.717, 1.165) is 5.70 Å². The number of aryl methyl sites for hydroxylation is 4. The van der Waals surface area contributed by atoms with E-state index in [0.29, 0.717) is 0 Å². The van der Waals surface area contributed by atoms with Crippen molar-refractivity contribution >= 4 is 11.4 Å². The largest absolute Gasteiger partial charge is 1.00 e. The fourth-order valence-corrected chi connectivity index (χ4v) is 8.24. The van der Waals surface area contributed by atoms with Gasteiger partial charge in [0.05, 0.1) is 0 Å². The molecule has 0 N–H and O–H groups in total. The Balaban J connectivity index is 0.00000240. The van der Waals surface area contributed by atoms with Gasteiger partial charge in [0, 0.05) is 34.5 Å². The summed E-state index contributed by atoms with van der Waals surface area (Å²) >= 11 is 0. The number of anilines is 1. The van der Waals surface area contributed by atoms with Gasteiger partial charge in [-0.3, -0.25) is 0 Å². The first kappa shape index (κ1) is 37.9. The van der Waals surface area contributed by atoms with Crippen LogP contribution >= 0.6 is 0 Å². The minimum Gasteiger partial charge on any atom is -1.00 e. The molecule has 0 atom stereocenters. The van der Waals surface area contributed by atoms with Crippen LogP contribution in [0.2, 0.25) is 0 Å². The van der Waals surface area contributed by atoms with Crippen molar-refractivity contribution in [1.29, 1.82) is 0 Å². The minimum absolute atomic E-state index is 0. The predicted molar refractivity (Wildman–Crippen MR) is 213 cm³/mol. The van der Waals surface area contributed by atoms with Crippen LogP contribution in [0.25, 0.3) is 5.70 Å². The van der Waals surface area contributed by atoms with Crippen LogP contribution in [0.3, 0.4) is 0 Å². The number of hydrogen-bond donors (Lipinski definition) is 0. The van der Waals surface area contributed by atoms with Crippen LogP contribution < -0.4 is 17.3 Å². The molecule has 0 bridgehead atoms. The monoisotopic (exact) mass is 891 g/mol. The molecule has 268 valence electrons. The SMILES string of the molecule is Cc1cc(C)c(C2=CC=CC3=CN(c4c(C(c5ccccc5)c5ccccc5)cc(C)cc4C(c4ccccc4)c4ccccc4)[CH-]N32)c(C)c1.[Au+].[Cl-]. The van der Waals surface area contributed by atoms with Gasteiger partial charge >= 0.3 is 22.4 Å². The van der Waals surface area contributed by atoms with E-state index in [1.54, 1.807) is 0 Å². The molecule has 8 rings (SSSR count). The summed E-state index contributed by atoms with van der Waals surface area (Å²) in [4.78, 5) is 4.78. The Bertz CT molecular complexity index is 2070. The van der Waals surface area contributed by atoms with Crippen LogP contribution in [0, 0.1) is 34.4 Å². The number of fused-ring (bicyclic) bond motifs is 1. The smallest absolute Gasteiger partial charge is 1.00 e. The molecule has 0 spiro atoms. The van der Waals surface area contributed by atoms with Crippen molar-refractivity contribution in [2.45, 2.75) is 39.5 Å². The maximum Gasteiger partial charge on any atom is 1.00 e. The fraction of sp³-hybridized carbons (Fsp3) is 0.122. The molecule has 53 heavy (non-hydrogen) atoms. The summed E-state index contributed by atoms with van der Waals surface area (Å²) in [6.45, 7) is 11.2. The van der Waals surface area contributed by atoms with Gasteiger partial charge < -0.3 is 22.2 Å². The van der Waals surface area contributed by atoms with Crippen molar-refractivity contribution in [3.05, 3.63) is 244 Å². The maximum absolute atomic E-state index is 2.42. The number of benzene rings is 6. The van der Waals surface area contributed by atoms with E-state index in [-0.39, 0.29) is 46.6 Å². The van der Waals surface area contributed by atoms with Crippen molar-refractivity contribution in [3.8, 4) is 0 Å². The van der Waals surface area contributed by atoms with Gasteiger partial charge in [0.15, 0.2) is 0 Å². The van der Waals surface area contributed by atoms with Gasteiger partial charge in [-0.15, -0.1) is 6.67 Å². The van der Waals surface area contributed by atoms with Gasteiger partial charge in [-0.2, -0.15) is 0 Å². The summed E-state index contributed by atoms with van der Waals surface area (Å²) in [5, 5.41) is 0. The summed E-state index contributed by atoms with van der Waals surface area (Å²) in [6, 6.07) is 53.4.